The topological polar surface area (TPSA) is 9.23 Å². The first-order valence-corrected chi connectivity index (χ1v) is 7.47. The molecule has 0 heterocycles. The lowest BCUT2D eigenvalue weighted by molar-refractivity contribution is 0.193. The Bertz CT molecular complexity index is 607. The van der Waals surface area contributed by atoms with Crippen LogP contribution >= 0.6 is 28.1 Å². The van der Waals surface area contributed by atoms with E-state index in [4.69, 9.17) is 17.0 Å². The van der Waals surface area contributed by atoms with E-state index in [9.17, 15) is 0 Å². The average molecular weight is 347 g/mol. The molecule has 102 valence electrons. The molecule has 1 atom stereocenters. The molecule has 0 spiro atoms. The minimum atomic E-state index is -0.0371. The fraction of sp³-hybridized carbons (Fsp3) is 0.118. The molecule has 0 fully saturated rings. The van der Waals surface area contributed by atoms with Crippen LogP contribution in [-0.2, 0) is 4.74 Å². The molecule has 0 saturated carbocycles. The summed E-state index contributed by atoms with van der Waals surface area (Å²) in [5.74, 6) is 0. The van der Waals surface area contributed by atoms with E-state index < -0.39 is 0 Å². The van der Waals surface area contributed by atoms with Crippen molar-refractivity contribution in [1.29, 1.82) is 0 Å². The molecule has 2 aromatic carbocycles. The van der Waals surface area contributed by atoms with E-state index in [-0.39, 0.29) is 6.10 Å². The molecular formula is C17H15BrOS. The fourth-order valence-electron chi connectivity index (χ4n) is 1.90. The molecule has 0 aromatic heterocycles. The molecule has 20 heavy (non-hydrogen) atoms. The van der Waals surface area contributed by atoms with Crippen LogP contribution in [0.25, 0.3) is 6.08 Å². The van der Waals surface area contributed by atoms with Crippen molar-refractivity contribution >= 4 is 39.1 Å². The number of benzene rings is 2. The summed E-state index contributed by atoms with van der Waals surface area (Å²) in [6.07, 6.45) is 4.01. The van der Waals surface area contributed by atoms with Crippen molar-refractivity contribution in [3.8, 4) is 0 Å². The summed E-state index contributed by atoms with van der Waals surface area (Å²) in [4.78, 5) is 0.876. The Labute approximate surface area is 133 Å². The van der Waals surface area contributed by atoms with Gasteiger partial charge in [0.1, 0.15) is 6.10 Å². The van der Waals surface area contributed by atoms with Crippen LogP contribution in [0.3, 0.4) is 0 Å². The molecular weight excluding hydrogens is 332 g/mol. The highest BCUT2D eigenvalue weighted by molar-refractivity contribution is 9.10. The summed E-state index contributed by atoms with van der Waals surface area (Å²) in [5, 5.41) is 0. The van der Waals surface area contributed by atoms with Crippen LogP contribution < -0.4 is 0 Å². The lowest BCUT2D eigenvalue weighted by Crippen LogP contribution is -2.22. The van der Waals surface area contributed by atoms with E-state index in [1.165, 1.54) is 5.56 Å². The van der Waals surface area contributed by atoms with Gasteiger partial charge in [-0.3, -0.25) is 0 Å². The van der Waals surface area contributed by atoms with Crippen LogP contribution in [0.2, 0.25) is 0 Å². The first-order valence-electron chi connectivity index (χ1n) is 6.27. The minimum Gasteiger partial charge on any atom is -0.372 e. The Morgan fingerprint density at radius 1 is 1.00 bits per heavy atom. The zero-order valence-electron chi connectivity index (χ0n) is 11.1. The van der Waals surface area contributed by atoms with Crippen LogP contribution in [0.5, 0.6) is 0 Å². The second kappa shape index (κ2) is 7.48. The first-order chi connectivity index (χ1) is 9.72. The lowest BCUT2D eigenvalue weighted by atomic mass is 9.95. The second-order valence-corrected chi connectivity index (χ2v) is 5.62. The highest BCUT2D eigenvalue weighted by atomic mass is 79.9. The molecule has 2 aromatic rings. The van der Waals surface area contributed by atoms with Gasteiger partial charge in [-0.25, -0.2) is 0 Å². The van der Waals surface area contributed by atoms with Gasteiger partial charge in [0.25, 0.3) is 0 Å². The number of hydrogen-bond acceptors (Lipinski definition) is 2. The van der Waals surface area contributed by atoms with Gasteiger partial charge in [0, 0.05) is 11.6 Å². The molecule has 1 aliphatic carbocycles. The number of halogens is 1. The maximum absolute atomic E-state index is 5.30. The Balaban J connectivity index is 0.000000178. The van der Waals surface area contributed by atoms with Gasteiger partial charge in [0.05, 0.1) is 4.86 Å². The highest BCUT2D eigenvalue weighted by Crippen LogP contribution is 2.21. The summed E-state index contributed by atoms with van der Waals surface area (Å²) >= 11 is 8.62. The normalized spacial score (nSPS) is 16.1. The number of rotatable bonds is 1. The van der Waals surface area contributed by atoms with Gasteiger partial charge in [-0.05, 0) is 29.3 Å². The second-order valence-electron chi connectivity index (χ2n) is 4.26. The molecule has 0 amide bonds. The van der Waals surface area contributed by atoms with Gasteiger partial charge in [-0.15, -0.1) is 0 Å². The largest absolute Gasteiger partial charge is 0.372 e. The zero-order valence-corrected chi connectivity index (χ0v) is 13.5. The number of fused-ring (bicyclic) bond motifs is 1. The molecule has 0 radical (unpaired) electrons. The standard InChI is InChI=1S/C11H10OS.C6H5Br/c1-12-10-7-6-8-4-2-3-5-9(8)11(10)13;7-6-4-2-1-3-5-6/h2-7,10H,1H3;1-5H. The summed E-state index contributed by atoms with van der Waals surface area (Å²) in [5.41, 5.74) is 2.30. The highest BCUT2D eigenvalue weighted by Gasteiger charge is 2.18. The van der Waals surface area contributed by atoms with Gasteiger partial charge in [-0.1, -0.05) is 76.7 Å². The summed E-state index contributed by atoms with van der Waals surface area (Å²) in [6.45, 7) is 0. The maximum atomic E-state index is 5.30. The van der Waals surface area contributed by atoms with E-state index in [1.54, 1.807) is 7.11 Å². The minimum absolute atomic E-state index is 0.0371. The van der Waals surface area contributed by atoms with Crippen LogP contribution in [-0.4, -0.2) is 18.1 Å². The Morgan fingerprint density at radius 2 is 1.65 bits per heavy atom. The molecule has 0 saturated heterocycles. The third-order valence-corrected chi connectivity index (χ3v) is 3.90. The average Bonchev–Trinajstić information content (AvgIpc) is 2.49. The Hall–Kier alpha value is -1.29. The van der Waals surface area contributed by atoms with E-state index in [0.29, 0.717) is 0 Å². The van der Waals surface area contributed by atoms with E-state index in [0.717, 1.165) is 14.9 Å². The zero-order chi connectivity index (χ0) is 14.4. The maximum Gasteiger partial charge on any atom is 0.111 e. The van der Waals surface area contributed by atoms with Crippen LogP contribution in [0.4, 0.5) is 0 Å². The van der Waals surface area contributed by atoms with Crippen molar-refractivity contribution in [2.75, 3.05) is 7.11 Å². The SMILES string of the molecule is Brc1ccccc1.COC1C=Cc2ccccc2C1=S. The van der Waals surface area contributed by atoms with Crippen molar-refractivity contribution in [2.24, 2.45) is 0 Å². The molecule has 1 aliphatic rings. The predicted octanol–water partition coefficient (Wildman–Crippen LogP) is 4.90. The number of ether oxygens (including phenoxy) is 1. The quantitative estimate of drug-likeness (QED) is 0.679. The van der Waals surface area contributed by atoms with Gasteiger partial charge >= 0.3 is 0 Å². The van der Waals surface area contributed by atoms with Crippen molar-refractivity contribution in [2.45, 2.75) is 6.10 Å². The molecule has 0 aliphatic heterocycles. The first kappa shape index (κ1) is 15.1. The van der Waals surface area contributed by atoms with Crippen molar-refractivity contribution in [3.63, 3.8) is 0 Å². The molecule has 3 heteroatoms. The van der Waals surface area contributed by atoms with Gasteiger partial charge in [0.2, 0.25) is 0 Å². The smallest absolute Gasteiger partial charge is 0.111 e. The van der Waals surface area contributed by atoms with E-state index in [2.05, 4.69) is 28.1 Å². The summed E-state index contributed by atoms with van der Waals surface area (Å²) < 4.78 is 6.37. The third kappa shape index (κ3) is 3.85. The molecule has 0 bridgehead atoms. The fourth-order valence-corrected chi connectivity index (χ4v) is 2.56. The molecule has 0 N–H and O–H groups in total. The van der Waals surface area contributed by atoms with Gasteiger partial charge in [0.15, 0.2) is 0 Å². The van der Waals surface area contributed by atoms with E-state index in [1.807, 2.05) is 54.6 Å². The van der Waals surface area contributed by atoms with Crippen molar-refractivity contribution < 1.29 is 4.74 Å². The monoisotopic (exact) mass is 346 g/mol. The van der Waals surface area contributed by atoms with Crippen LogP contribution in [0, 0.1) is 0 Å². The van der Waals surface area contributed by atoms with Crippen molar-refractivity contribution in [3.05, 3.63) is 76.3 Å². The number of hydrogen-bond donors (Lipinski definition) is 0. The molecule has 1 nitrogen and oxygen atoms in total. The van der Waals surface area contributed by atoms with Gasteiger partial charge < -0.3 is 4.74 Å². The lowest BCUT2D eigenvalue weighted by Gasteiger charge is -2.18. The van der Waals surface area contributed by atoms with Crippen molar-refractivity contribution in [1.82, 2.24) is 0 Å². The predicted molar refractivity (Wildman–Crippen MR) is 92.1 cm³/mol. The number of thiocarbonyl (C=S) groups is 1. The van der Waals surface area contributed by atoms with Gasteiger partial charge in [-0.2, -0.15) is 0 Å². The van der Waals surface area contributed by atoms with Crippen LogP contribution in [0.1, 0.15) is 11.1 Å². The third-order valence-electron chi connectivity index (χ3n) is 2.92. The van der Waals surface area contributed by atoms with Crippen LogP contribution in [0.15, 0.2) is 65.1 Å². The molecule has 1 unspecified atom stereocenters. The Kier molecular flexibility index (Phi) is 5.65. The molecule has 3 rings (SSSR count). The summed E-state index contributed by atoms with van der Waals surface area (Å²) in [7, 11) is 1.68. The van der Waals surface area contributed by atoms with E-state index >= 15 is 0 Å². The number of methoxy groups -OCH3 is 1. The Morgan fingerprint density at radius 3 is 2.25 bits per heavy atom. The summed E-state index contributed by atoms with van der Waals surface area (Å²) in [6, 6.07) is 18.1.